The normalized spacial score (nSPS) is 17.7. The van der Waals surface area contributed by atoms with Crippen molar-refractivity contribution in [1.29, 1.82) is 0 Å². The zero-order valence-electron chi connectivity index (χ0n) is 13.3. The van der Waals surface area contributed by atoms with Crippen LogP contribution in [0.1, 0.15) is 42.1 Å². The molecule has 1 aromatic rings. The van der Waals surface area contributed by atoms with Crippen LogP contribution in [-0.4, -0.2) is 40.9 Å². The van der Waals surface area contributed by atoms with Gasteiger partial charge in [0.25, 0.3) is 11.6 Å². The van der Waals surface area contributed by atoms with Gasteiger partial charge in [-0.15, -0.1) is 0 Å². The van der Waals surface area contributed by atoms with Gasteiger partial charge in [-0.2, -0.15) is 0 Å². The van der Waals surface area contributed by atoms with Crippen molar-refractivity contribution in [3.8, 4) is 0 Å². The van der Waals surface area contributed by atoms with E-state index < -0.39 is 10.9 Å². The van der Waals surface area contributed by atoms with Gasteiger partial charge in [0.15, 0.2) is 6.61 Å². The van der Waals surface area contributed by atoms with E-state index in [0.717, 1.165) is 19.3 Å². The smallest absolute Gasteiger partial charge is 0.338 e. The topological polar surface area (TPSA) is 89.8 Å². The fourth-order valence-electron chi connectivity index (χ4n) is 2.75. The molecule has 1 atom stereocenters. The minimum atomic E-state index is -0.652. The van der Waals surface area contributed by atoms with Crippen LogP contribution >= 0.6 is 0 Å². The maximum absolute atomic E-state index is 12.1. The molecule has 0 radical (unpaired) electrons. The second-order valence-electron chi connectivity index (χ2n) is 5.77. The number of nitrogens with zero attached hydrogens (tertiary/aromatic N) is 2. The van der Waals surface area contributed by atoms with E-state index in [9.17, 15) is 19.7 Å². The number of ether oxygens (including phenoxy) is 1. The molecule has 7 nitrogen and oxygen atoms in total. The average molecular weight is 320 g/mol. The van der Waals surface area contributed by atoms with Crippen molar-refractivity contribution in [3.63, 3.8) is 0 Å². The van der Waals surface area contributed by atoms with E-state index in [4.69, 9.17) is 4.74 Å². The number of likely N-dealkylation sites (tertiary alicyclic amines) is 1. The lowest BCUT2D eigenvalue weighted by atomic mass is 10.0. The highest BCUT2D eigenvalue weighted by Gasteiger charge is 2.24. The van der Waals surface area contributed by atoms with E-state index in [0.29, 0.717) is 12.1 Å². The van der Waals surface area contributed by atoms with E-state index in [1.165, 1.54) is 18.2 Å². The molecule has 0 spiro atoms. The van der Waals surface area contributed by atoms with Crippen molar-refractivity contribution < 1.29 is 19.2 Å². The molecule has 0 saturated carbocycles. The standard InChI is InChI=1S/C16H20N2O5/c1-11-9-13(6-7-14(11)18(21)22)16(20)23-10-15(19)17-8-4-3-5-12(17)2/h6-7,9,12H,3-5,8,10H2,1-2H3/t12-/m1/s1. The lowest BCUT2D eigenvalue weighted by molar-refractivity contribution is -0.385. The number of carbonyl (C=O) groups excluding carboxylic acids is 2. The molecule has 0 N–H and O–H groups in total. The highest BCUT2D eigenvalue weighted by Crippen LogP contribution is 2.20. The summed E-state index contributed by atoms with van der Waals surface area (Å²) in [5, 5.41) is 10.8. The number of esters is 1. The van der Waals surface area contributed by atoms with Gasteiger partial charge in [-0.25, -0.2) is 4.79 Å². The van der Waals surface area contributed by atoms with Crippen LogP contribution in [0.3, 0.4) is 0 Å². The molecule has 7 heteroatoms. The minimum absolute atomic E-state index is 0.0558. The van der Waals surface area contributed by atoms with Crippen molar-refractivity contribution in [3.05, 3.63) is 39.4 Å². The van der Waals surface area contributed by atoms with E-state index in [1.807, 2.05) is 6.92 Å². The van der Waals surface area contributed by atoms with Crippen LogP contribution in [0.2, 0.25) is 0 Å². The van der Waals surface area contributed by atoms with Gasteiger partial charge in [0.05, 0.1) is 10.5 Å². The lowest BCUT2D eigenvalue weighted by Gasteiger charge is -2.33. The molecule has 0 unspecified atom stereocenters. The number of nitro benzene ring substituents is 1. The maximum Gasteiger partial charge on any atom is 0.338 e. The molecule has 2 rings (SSSR count). The molecule has 1 saturated heterocycles. The SMILES string of the molecule is Cc1cc(C(=O)OCC(=O)N2CCCC[C@H]2C)ccc1[N+](=O)[O-]. The molecule has 1 amide bonds. The summed E-state index contributed by atoms with van der Waals surface area (Å²) in [5.74, 6) is -0.856. The molecular formula is C16H20N2O5. The van der Waals surface area contributed by atoms with Gasteiger partial charge < -0.3 is 9.64 Å². The second kappa shape index (κ2) is 7.21. The third-order valence-corrected chi connectivity index (χ3v) is 4.08. The Hall–Kier alpha value is -2.44. The molecule has 23 heavy (non-hydrogen) atoms. The third-order valence-electron chi connectivity index (χ3n) is 4.08. The predicted molar refractivity (Wildman–Crippen MR) is 83.1 cm³/mol. The van der Waals surface area contributed by atoms with Gasteiger partial charge in [0, 0.05) is 24.2 Å². The van der Waals surface area contributed by atoms with Gasteiger partial charge in [-0.1, -0.05) is 0 Å². The third kappa shape index (κ3) is 4.06. The van der Waals surface area contributed by atoms with E-state index >= 15 is 0 Å². The highest BCUT2D eigenvalue weighted by atomic mass is 16.6. The summed E-state index contributed by atoms with van der Waals surface area (Å²) in [4.78, 5) is 36.1. The van der Waals surface area contributed by atoms with Gasteiger partial charge >= 0.3 is 5.97 Å². The van der Waals surface area contributed by atoms with Gasteiger partial charge in [0.2, 0.25) is 0 Å². The van der Waals surface area contributed by atoms with Crippen LogP contribution in [0.4, 0.5) is 5.69 Å². The zero-order valence-corrected chi connectivity index (χ0v) is 13.3. The zero-order chi connectivity index (χ0) is 17.0. The monoisotopic (exact) mass is 320 g/mol. The van der Waals surface area contributed by atoms with Crippen molar-refractivity contribution in [2.75, 3.05) is 13.2 Å². The van der Waals surface area contributed by atoms with E-state index in [2.05, 4.69) is 0 Å². The molecule has 0 aromatic heterocycles. The van der Waals surface area contributed by atoms with Crippen LogP contribution < -0.4 is 0 Å². The molecule has 124 valence electrons. The van der Waals surface area contributed by atoms with Crippen LogP contribution in [0, 0.1) is 17.0 Å². The Labute approximate surface area is 134 Å². The number of hydrogen-bond donors (Lipinski definition) is 0. The van der Waals surface area contributed by atoms with Crippen molar-refractivity contribution in [2.24, 2.45) is 0 Å². The van der Waals surface area contributed by atoms with Gasteiger partial charge in [0.1, 0.15) is 0 Å². The first-order valence-corrected chi connectivity index (χ1v) is 7.62. The molecule has 1 aromatic carbocycles. The Morgan fingerprint density at radius 2 is 2.13 bits per heavy atom. The quantitative estimate of drug-likeness (QED) is 0.483. The molecule has 1 aliphatic heterocycles. The van der Waals surface area contributed by atoms with Crippen molar-refractivity contribution >= 4 is 17.6 Å². The van der Waals surface area contributed by atoms with Crippen LogP contribution in [0.25, 0.3) is 0 Å². The van der Waals surface area contributed by atoms with Crippen LogP contribution in [0.15, 0.2) is 18.2 Å². The number of rotatable bonds is 4. The van der Waals surface area contributed by atoms with Crippen molar-refractivity contribution in [1.82, 2.24) is 4.90 Å². The Morgan fingerprint density at radius 3 is 2.74 bits per heavy atom. The van der Waals surface area contributed by atoms with E-state index in [1.54, 1.807) is 11.8 Å². The summed E-state index contributed by atoms with van der Waals surface area (Å²) in [7, 11) is 0. The largest absolute Gasteiger partial charge is 0.452 e. The Kier molecular flexibility index (Phi) is 5.31. The van der Waals surface area contributed by atoms with Gasteiger partial charge in [-0.3, -0.25) is 14.9 Å². The van der Waals surface area contributed by atoms with Crippen LogP contribution in [-0.2, 0) is 9.53 Å². The lowest BCUT2D eigenvalue weighted by Crippen LogP contribution is -2.44. The minimum Gasteiger partial charge on any atom is -0.452 e. The Balaban J connectivity index is 1.95. The maximum atomic E-state index is 12.1. The fourth-order valence-corrected chi connectivity index (χ4v) is 2.75. The first-order valence-electron chi connectivity index (χ1n) is 7.62. The average Bonchev–Trinajstić information content (AvgIpc) is 2.52. The Bertz CT molecular complexity index is 629. The first-order chi connectivity index (χ1) is 10.9. The summed E-state index contributed by atoms with van der Waals surface area (Å²) < 4.78 is 5.05. The summed E-state index contributed by atoms with van der Waals surface area (Å²) in [6, 6.07) is 4.16. The fraction of sp³-hybridized carbons (Fsp3) is 0.500. The summed E-state index contributed by atoms with van der Waals surface area (Å²) in [5.41, 5.74) is 0.521. The summed E-state index contributed by atoms with van der Waals surface area (Å²) in [6.07, 6.45) is 3.03. The number of piperidine rings is 1. The van der Waals surface area contributed by atoms with Crippen LogP contribution in [0.5, 0.6) is 0 Å². The first kappa shape index (κ1) is 16.9. The predicted octanol–water partition coefficient (Wildman–Crippen LogP) is 2.46. The molecule has 1 aliphatic rings. The number of carbonyl (C=O) groups is 2. The molecule has 1 heterocycles. The van der Waals surface area contributed by atoms with Gasteiger partial charge in [-0.05, 0) is 45.2 Å². The van der Waals surface area contributed by atoms with E-state index in [-0.39, 0.29) is 29.8 Å². The molecular weight excluding hydrogens is 300 g/mol. The molecule has 0 bridgehead atoms. The van der Waals surface area contributed by atoms with Crippen molar-refractivity contribution in [2.45, 2.75) is 39.2 Å². The number of amides is 1. The number of nitro groups is 1. The highest BCUT2D eigenvalue weighted by molar-refractivity contribution is 5.91. The number of benzene rings is 1. The second-order valence-corrected chi connectivity index (χ2v) is 5.77. The number of aryl methyl sites for hydroxylation is 1. The summed E-state index contributed by atoms with van der Waals surface area (Å²) >= 11 is 0. The molecule has 0 aliphatic carbocycles. The number of hydrogen-bond acceptors (Lipinski definition) is 5. The molecule has 1 fully saturated rings. The summed E-state index contributed by atoms with van der Waals surface area (Å²) in [6.45, 7) is 3.92. The Morgan fingerprint density at radius 1 is 1.39 bits per heavy atom.